The van der Waals surface area contributed by atoms with Crippen LogP contribution in [0.3, 0.4) is 0 Å². The van der Waals surface area contributed by atoms with Crippen molar-refractivity contribution in [3.63, 3.8) is 0 Å². The van der Waals surface area contributed by atoms with E-state index in [0.717, 1.165) is 11.1 Å². The van der Waals surface area contributed by atoms with Crippen molar-refractivity contribution in [3.8, 4) is 11.1 Å². The van der Waals surface area contributed by atoms with Crippen LogP contribution in [0.2, 0.25) is 0 Å². The van der Waals surface area contributed by atoms with Gasteiger partial charge in [-0.1, -0.05) is 53.2 Å². The Bertz CT molecular complexity index is 779. The smallest absolute Gasteiger partial charge is 0.273 e. The molecule has 0 radical (unpaired) electrons. The number of carbonyl (C=O) groups excluding carboxylic acids is 1. The van der Waals surface area contributed by atoms with Crippen LogP contribution in [0.4, 0.5) is 0 Å². The van der Waals surface area contributed by atoms with E-state index in [2.05, 4.69) is 52.3 Å². The second-order valence-corrected chi connectivity index (χ2v) is 5.14. The largest absolute Gasteiger partial charge is 0.364 e. The molecule has 1 N–H and O–H groups in total. The van der Waals surface area contributed by atoms with Gasteiger partial charge >= 0.3 is 0 Å². The first-order chi connectivity index (χ1) is 10.7. The fourth-order valence-corrected chi connectivity index (χ4v) is 2.29. The van der Waals surface area contributed by atoms with Crippen LogP contribution in [0.1, 0.15) is 21.6 Å². The Morgan fingerprint density at radius 1 is 1.09 bits per heavy atom. The molecule has 0 aliphatic heterocycles. The molecule has 3 aromatic rings. The predicted octanol–water partition coefficient (Wildman–Crippen LogP) is 3.58. The molecule has 4 nitrogen and oxygen atoms in total. The lowest BCUT2D eigenvalue weighted by Crippen LogP contribution is -2.23. The van der Waals surface area contributed by atoms with Gasteiger partial charge < -0.3 is 9.84 Å². The number of amides is 1. The summed E-state index contributed by atoms with van der Waals surface area (Å²) in [6, 6.07) is 18.0. The lowest BCUT2D eigenvalue weighted by Gasteiger charge is -2.07. The summed E-state index contributed by atoms with van der Waals surface area (Å²) >= 11 is 0. The van der Waals surface area contributed by atoms with E-state index in [1.54, 1.807) is 6.07 Å². The summed E-state index contributed by atoms with van der Waals surface area (Å²) < 4.78 is 4.66. The highest BCUT2D eigenvalue weighted by atomic mass is 16.5. The van der Waals surface area contributed by atoms with Crippen LogP contribution in [0, 0.1) is 6.92 Å². The van der Waals surface area contributed by atoms with Crippen molar-refractivity contribution >= 4 is 5.91 Å². The van der Waals surface area contributed by atoms with Gasteiger partial charge in [0.2, 0.25) is 0 Å². The number of rotatable bonds is 4. The average Bonchev–Trinajstić information content (AvgIpc) is 3.07. The van der Waals surface area contributed by atoms with Gasteiger partial charge in [-0.3, -0.25) is 4.79 Å². The average molecular weight is 292 g/mol. The molecule has 0 spiro atoms. The zero-order chi connectivity index (χ0) is 15.4. The fraction of sp³-hybridized carbons (Fsp3) is 0.111. The minimum Gasteiger partial charge on any atom is -0.364 e. The van der Waals surface area contributed by atoms with E-state index in [1.165, 1.54) is 17.4 Å². The molecule has 110 valence electrons. The summed E-state index contributed by atoms with van der Waals surface area (Å²) in [4.78, 5) is 11.8. The minimum absolute atomic E-state index is 0.241. The number of aryl methyl sites for hydroxylation is 1. The predicted molar refractivity (Wildman–Crippen MR) is 84.3 cm³/mol. The second-order valence-electron chi connectivity index (χ2n) is 5.14. The van der Waals surface area contributed by atoms with E-state index in [1.807, 2.05) is 18.2 Å². The zero-order valence-electron chi connectivity index (χ0n) is 12.2. The molecule has 0 bridgehead atoms. The molecule has 2 aromatic carbocycles. The van der Waals surface area contributed by atoms with Gasteiger partial charge in [-0.2, -0.15) is 0 Å². The third-order valence-corrected chi connectivity index (χ3v) is 3.40. The van der Waals surface area contributed by atoms with Gasteiger partial charge in [-0.15, -0.1) is 0 Å². The molecule has 4 heteroatoms. The highest BCUT2D eigenvalue weighted by Gasteiger charge is 2.08. The molecule has 0 saturated heterocycles. The highest BCUT2D eigenvalue weighted by Crippen LogP contribution is 2.21. The Morgan fingerprint density at radius 3 is 2.59 bits per heavy atom. The van der Waals surface area contributed by atoms with Crippen molar-refractivity contribution < 1.29 is 9.32 Å². The number of hydrogen-bond acceptors (Lipinski definition) is 3. The van der Waals surface area contributed by atoms with Crippen LogP contribution in [0.15, 0.2) is 65.4 Å². The number of hydrogen-bond donors (Lipinski definition) is 1. The topological polar surface area (TPSA) is 55.1 Å². The third kappa shape index (κ3) is 3.23. The Morgan fingerprint density at radius 2 is 1.86 bits per heavy atom. The zero-order valence-corrected chi connectivity index (χ0v) is 12.2. The van der Waals surface area contributed by atoms with E-state index >= 15 is 0 Å². The number of carbonyl (C=O) groups is 1. The number of nitrogens with zero attached hydrogens (tertiary/aromatic N) is 1. The molecule has 3 rings (SSSR count). The van der Waals surface area contributed by atoms with Gasteiger partial charge in [0.15, 0.2) is 5.69 Å². The molecule has 0 unspecified atom stereocenters. The first-order valence-corrected chi connectivity index (χ1v) is 7.07. The minimum atomic E-state index is -0.241. The van der Waals surface area contributed by atoms with E-state index in [9.17, 15) is 4.79 Å². The molecule has 0 aliphatic rings. The summed E-state index contributed by atoms with van der Waals surface area (Å²) in [6.45, 7) is 2.52. The summed E-state index contributed by atoms with van der Waals surface area (Å²) in [5.74, 6) is -0.241. The van der Waals surface area contributed by atoms with E-state index < -0.39 is 0 Å². The molecule has 22 heavy (non-hydrogen) atoms. The lowest BCUT2D eigenvalue weighted by atomic mass is 10.0. The first-order valence-electron chi connectivity index (χ1n) is 7.07. The van der Waals surface area contributed by atoms with E-state index in [-0.39, 0.29) is 11.6 Å². The van der Waals surface area contributed by atoms with Crippen LogP contribution in [0.25, 0.3) is 11.1 Å². The summed E-state index contributed by atoms with van der Waals surface area (Å²) in [7, 11) is 0. The SMILES string of the molecule is Cc1cccc(-c2cccc(CNC(=O)c3ccon3)c2)c1. The Kier molecular flexibility index (Phi) is 4.01. The maximum absolute atomic E-state index is 11.8. The lowest BCUT2D eigenvalue weighted by molar-refractivity contribution is 0.0942. The molecule has 0 fully saturated rings. The first kappa shape index (κ1) is 14.1. The number of nitrogens with one attached hydrogen (secondary N) is 1. The van der Waals surface area contributed by atoms with Crippen molar-refractivity contribution in [2.45, 2.75) is 13.5 Å². The second kappa shape index (κ2) is 6.26. The van der Waals surface area contributed by atoms with Crippen molar-refractivity contribution in [1.82, 2.24) is 10.5 Å². The van der Waals surface area contributed by atoms with Crippen LogP contribution in [-0.4, -0.2) is 11.1 Å². The van der Waals surface area contributed by atoms with Gasteiger partial charge in [0.25, 0.3) is 5.91 Å². The molecule has 0 aliphatic carbocycles. The molecule has 1 heterocycles. The van der Waals surface area contributed by atoms with Crippen LogP contribution >= 0.6 is 0 Å². The van der Waals surface area contributed by atoms with Crippen LogP contribution < -0.4 is 5.32 Å². The molecule has 1 aromatic heterocycles. The van der Waals surface area contributed by atoms with Crippen LogP contribution in [-0.2, 0) is 6.54 Å². The molecule has 1 amide bonds. The van der Waals surface area contributed by atoms with Gasteiger partial charge in [0, 0.05) is 12.6 Å². The van der Waals surface area contributed by atoms with Gasteiger partial charge in [0.1, 0.15) is 6.26 Å². The monoisotopic (exact) mass is 292 g/mol. The molecule has 0 atom stereocenters. The summed E-state index contributed by atoms with van der Waals surface area (Å²) in [6.07, 6.45) is 1.38. The van der Waals surface area contributed by atoms with E-state index in [4.69, 9.17) is 0 Å². The molecular weight excluding hydrogens is 276 g/mol. The normalized spacial score (nSPS) is 10.4. The van der Waals surface area contributed by atoms with Crippen molar-refractivity contribution in [2.24, 2.45) is 0 Å². The Labute approximate surface area is 128 Å². The van der Waals surface area contributed by atoms with Crippen molar-refractivity contribution in [2.75, 3.05) is 0 Å². The Hall–Kier alpha value is -2.88. The quantitative estimate of drug-likeness (QED) is 0.799. The fourth-order valence-electron chi connectivity index (χ4n) is 2.29. The molecular formula is C18H16N2O2. The molecule has 0 saturated carbocycles. The van der Waals surface area contributed by atoms with E-state index in [0.29, 0.717) is 6.54 Å². The maximum Gasteiger partial charge on any atom is 0.273 e. The maximum atomic E-state index is 11.8. The Balaban J connectivity index is 1.73. The summed E-state index contributed by atoms with van der Waals surface area (Å²) in [5, 5.41) is 6.45. The third-order valence-electron chi connectivity index (χ3n) is 3.40. The number of aromatic nitrogens is 1. The highest BCUT2D eigenvalue weighted by molar-refractivity contribution is 5.91. The standard InChI is InChI=1S/C18H16N2O2/c1-13-4-2-6-15(10-13)16-7-3-5-14(11-16)12-19-18(21)17-8-9-22-20-17/h2-11H,12H2,1H3,(H,19,21). The van der Waals surface area contributed by atoms with Gasteiger partial charge in [-0.05, 0) is 29.7 Å². The van der Waals surface area contributed by atoms with Gasteiger partial charge in [-0.25, -0.2) is 0 Å². The van der Waals surface area contributed by atoms with Crippen molar-refractivity contribution in [3.05, 3.63) is 77.7 Å². The summed E-state index contributed by atoms with van der Waals surface area (Å²) in [5.41, 5.74) is 4.86. The number of benzene rings is 2. The van der Waals surface area contributed by atoms with Crippen molar-refractivity contribution in [1.29, 1.82) is 0 Å². The van der Waals surface area contributed by atoms with Gasteiger partial charge in [0.05, 0.1) is 0 Å². The van der Waals surface area contributed by atoms with Crippen LogP contribution in [0.5, 0.6) is 0 Å².